The van der Waals surface area contributed by atoms with Crippen LogP contribution in [0.3, 0.4) is 0 Å². The SMILES string of the molecule is CCCc1ccc(OCc2ccc(-c3ccc(-c4ccc(CC)cc4)c(F)c3F)cc2)c(F)c1. The van der Waals surface area contributed by atoms with Gasteiger partial charge in [0.2, 0.25) is 0 Å². The van der Waals surface area contributed by atoms with Crippen LogP contribution in [0.15, 0.2) is 78.9 Å². The van der Waals surface area contributed by atoms with Gasteiger partial charge in [-0.2, -0.15) is 0 Å². The van der Waals surface area contributed by atoms with Gasteiger partial charge in [0.25, 0.3) is 0 Å². The average Bonchev–Trinajstić information content (AvgIpc) is 2.86. The van der Waals surface area contributed by atoms with Crippen LogP contribution in [-0.4, -0.2) is 0 Å². The number of benzene rings is 4. The first-order chi connectivity index (χ1) is 16.5. The van der Waals surface area contributed by atoms with Gasteiger partial charge >= 0.3 is 0 Å². The number of rotatable bonds is 8. The van der Waals surface area contributed by atoms with E-state index in [9.17, 15) is 13.2 Å². The molecule has 0 aliphatic heterocycles. The number of halogens is 3. The molecule has 0 N–H and O–H groups in total. The van der Waals surface area contributed by atoms with E-state index < -0.39 is 11.6 Å². The zero-order valence-corrected chi connectivity index (χ0v) is 19.4. The van der Waals surface area contributed by atoms with Crippen molar-refractivity contribution in [3.63, 3.8) is 0 Å². The van der Waals surface area contributed by atoms with Gasteiger partial charge in [-0.1, -0.05) is 87.0 Å². The van der Waals surface area contributed by atoms with Gasteiger partial charge < -0.3 is 4.74 Å². The van der Waals surface area contributed by atoms with E-state index in [1.165, 1.54) is 6.07 Å². The normalized spacial score (nSPS) is 11.0. The molecule has 0 saturated heterocycles. The molecule has 4 heteroatoms. The van der Waals surface area contributed by atoms with Crippen molar-refractivity contribution in [1.82, 2.24) is 0 Å². The lowest BCUT2D eigenvalue weighted by Crippen LogP contribution is -1.99. The summed E-state index contributed by atoms with van der Waals surface area (Å²) in [4.78, 5) is 0. The summed E-state index contributed by atoms with van der Waals surface area (Å²) in [6, 6.07) is 22.7. The first-order valence-corrected chi connectivity index (χ1v) is 11.6. The molecule has 4 aromatic rings. The molecule has 1 nitrogen and oxygen atoms in total. The van der Waals surface area contributed by atoms with Gasteiger partial charge in [-0.3, -0.25) is 0 Å². The highest BCUT2D eigenvalue weighted by Crippen LogP contribution is 2.32. The largest absolute Gasteiger partial charge is 0.486 e. The summed E-state index contributed by atoms with van der Waals surface area (Å²) < 4.78 is 49.7. The lowest BCUT2D eigenvalue weighted by atomic mass is 9.97. The molecule has 0 aliphatic rings. The Kier molecular flexibility index (Phi) is 7.36. The van der Waals surface area contributed by atoms with Crippen molar-refractivity contribution < 1.29 is 17.9 Å². The van der Waals surface area contributed by atoms with Crippen LogP contribution in [0.5, 0.6) is 5.75 Å². The van der Waals surface area contributed by atoms with Crippen LogP contribution in [0, 0.1) is 17.5 Å². The molecule has 0 unspecified atom stereocenters. The van der Waals surface area contributed by atoms with Gasteiger partial charge in [-0.05, 0) is 52.8 Å². The van der Waals surface area contributed by atoms with Gasteiger partial charge in [0.05, 0.1) is 0 Å². The Hall–Kier alpha value is -3.53. The molecule has 0 amide bonds. The first kappa shape index (κ1) is 23.6. The number of aryl methyl sites for hydroxylation is 2. The lowest BCUT2D eigenvalue weighted by molar-refractivity contribution is 0.290. The van der Waals surface area contributed by atoms with Gasteiger partial charge in [0, 0.05) is 11.1 Å². The minimum absolute atomic E-state index is 0.174. The van der Waals surface area contributed by atoms with Crippen molar-refractivity contribution in [2.24, 2.45) is 0 Å². The lowest BCUT2D eigenvalue weighted by Gasteiger charge is -2.11. The molecular weight excluding hydrogens is 433 g/mol. The topological polar surface area (TPSA) is 9.23 Å². The van der Waals surface area contributed by atoms with Crippen molar-refractivity contribution in [2.45, 2.75) is 39.7 Å². The Morgan fingerprint density at radius 1 is 0.618 bits per heavy atom. The predicted octanol–water partition coefficient (Wildman–Crippen LogP) is 8.53. The Labute approximate surface area is 198 Å². The number of ether oxygens (including phenoxy) is 1. The maximum absolute atomic E-state index is 14.9. The van der Waals surface area contributed by atoms with Crippen LogP contribution >= 0.6 is 0 Å². The molecule has 0 radical (unpaired) electrons. The van der Waals surface area contributed by atoms with E-state index in [1.807, 2.05) is 44.2 Å². The van der Waals surface area contributed by atoms with E-state index in [0.29, 0.717) is 11.1 Å². The molecule has 4 rings (SSSR count). The molecule has 0 fully saturated rings. The second-order valence-corrected chi connectivity index (χ2v) is 8.34. The van der Waals surface area contributed by atoms with Crippen LogP contribution in [0.2, 0.25) is 0 Å². The molecule has 174 valence electrons. The molecule has 0 spiro atoms. The molecule has 4 aromatic carbocycles. The van der Waals surface area contributed by atoms with E-state index in [2.05, 4.69) is 0 Å². The fraction of sp³-hybridized carbons (Fsp3) is 0.200. The summed E-state index contributed by atoms with van der Waals surface area (Å²) in [6.45, 7) is 4.27. The third-order valence-electron chi connectivity index (χ3n) is 5.95. The predicted molar refractivity (Wildman–Crippen MR) is 131 cm³/mol. The Balaban J connectivity index is 1.48. The maximum Gasteiger partial charge on any atom is 0.167 e. The van der Waals surface area contributed by atoms with Crippen molar-refractivity contribution in [1.29, 1.82) is 0 Å². The number of hydrogen-bond acceptors (Lipinski definition) is 1. The van der Waals surface area contributed by atoms with Crippen LogP contribution in [-0.2, 0) is 19.4 Å². The smallest absolute Gasteiger partial charge is 0.167 e. The molecule has 0 saturated carbocycles. The van der Waals surface area contributed by atoms with Gasteiger partial charge in [-0.15, -0.1) is 0 Å². The van der Waals surface area contributed by atoms with E-state index in [-0.39, 0.29) is 29.3 Å². The summed E-state index contributed by atoms with van der Waals surface area (Å²) in [6.07, 6.45) is 2.66. The number of hydrogen-bond donors (Lipinski definition) is 0. The highest BCUT2D eigenvalue weighted by molar-refractivity contribution is 5.72. The quantitative estimate of drug-likeness (QED) is 0.256. The fourth-order valence-corrected chi connectivity index (χ4v) is 3.96. The summed E-state index contributed by atoms with van der Waals surface area (Å²) >= 11 is 0. The highest BCUT2D eigenvalue weighted by atomic mass is 19.2. The standard InChI is InChI=1S/C30H27F3O/c1-3-5-21-10-17-28(27(31)18-21)34-19-22-8-13-24(14-9-22)26-16-15-25(29(32)30(26)33)23-11-6-20(4-2)7-12-23/h6-18H,3-5,19H2,1-2H3. The van der Waals surface area contributed by atoms with E-state index in [0.717, 1.165) is 36.0 Å². The van der Waals surface area contributed by atoms with E-state index >= 15 is 0 Å². The minimum Gasteiger partial charge on any atom is -0.486 e. The first-order valence-electron chi connectivity index (χ1n) is 11.6. The van der Waals surface area contributed by atoms with Crippen molar-refractivity contribution in [3.05, 3.63) is 113 Å². The molecular formula is C30H27F3O. The summed E-state index contributed by atoms with van der Waals surface area (Å²) in [5.41, 5.74) is 4.51. The van der Waals surface area contributed by atoms with Crippen LogP contribution in [0.1, 0.15) is 37.0 Å². The highest BCUT2D eigenvalue weighted by Gasteiger charge is 2.16. The van der Waals surface area contributed by atoms with Gasteiger partial charge in [-0.25, -0.2) is 13.2 Å². The van der Waals surface area contributed by atoms with Gasteiger partial charge in [0.1, 0.15) is 6.61 Å². The molecule has 0 aliphatic carbocycles. The fourth-order valence-electron chi connectivity index (χ4n) is 3.96. The van der Waals surface area contributed by atoms with Crippen LogP contribution in [0.4, 0.5) is 13.2 Å². The molecule has 34 heavy (non-hydrogen) atoms. The van der Waals surface area contributed by atoms with Crippen molar-refractivity contribution >= 4 is 0 Å². The van der Waals surface area contributed by atoms with E-state index in [4.69, 9.17) is 4.74 Å². The monoisotopic (exact) mass is 460 g/mol. The van der Waals surface area contributed by atoms with Crippen LogP contribution < -0.4 is 4.74 Å². The van der Waals surface area contributed by atoms with Crippen molar-refractivity contribution in [2.75, 3.05) is 0 Å². The zero-order chi connectivity index (χ0) is 24.1. The second-order valence-electron chi connectivity index (χ2n) is 8.34. The zero-order valence-electron chi connectivity index (χ0n) is 19.4. The minimum atomic E-state index is -0.879. The average molecular weight is 461 g/mol. The summed E-state index contributed by atoms with van der Waals surface area (Å²) in [5, 5.41) is 0. The third kappa shape index (κ3) is 5.17. The van der Waals surface area contributed by atoms with E-state index in [1.54, 1.807) is 42.5 Å². The molecule has 0 heterocycles. The maximum atomic E-state index is 14.9. The molecule has 0 aromatic heterocycles. The summed E-state index contributed by atoms with van der Waals surface area (Å²) in [7, 11) is 0. The third-order valence-corrected chi connectivity index (χ3v) is 5.95. The Morgan fingerprint density at radius 3 is 1.65 bits per heavy atom. The Morgan fingerprint density at radius 2 is 1.15 bits per heavy atom. The Bertz CT molecular complexity index is 1260. The summed E-state index contributed by atoms with van der Waals surface area (Å²) in [5.74, 6) is -1.93. The second kappa shape index (κ2) is 10.6. The van der Waals surface area contributed by atoms with Crippen molar-refractivity contribution in [3.8, 4) is 28.0 Å². The molecule has 0 bridgehead atoms. The van der Waals surface area contributed by atoms with Crippen LogP contribution in [0.25, 0.3) is 22.3 Å². The molecule has 0 atom stereocenters. The van der Waals surface area contributed by atoms with Gasteiger partial charge in [0.15, 0.2) is 23.2 Å².